The molecule has 1 atom stereocenters. The number of likely N-dealkylation sites (tertiary alicyclic amines) is 1. The Morgan fingerprint density at radius 1 is 1.25 bits per heavy atom. The van der Waals surface area contributed by atoms with Crippen molar-refractivity contribution in [3.8, 4) is 0 Å². The second-order valence-electron chi connectivity index (χ2n) is 4.84. The Morgan fingerprint density at radius 3 is 2.81 bits per heavy atom. The molecular formula is C13H28N2S. The molecule has 1 heterocycles. The Balaban J connectivity index is 1.95. The fourth-order valence-corrected chi connectivity index (χ4v) is 2.92. The SMILES string of the molecule is CNC1CCCN(CCCCCCSC)C1. The summed E-state index contributed by atoms with van der Waals surface area (Å²) in [5.41, 5.74) is 0. The van der Waals surface area contributed by atoms with Gasteiger partial charge in [0.2, 0.25) is 0 Å². The Bertz CT molecular complexity index is 164. The standard InChI is InChI=1S/C13H28N2S/c1-14-13-8-7-10-15(12-13)9-5-3-4-6-11-16-2/h13-14H,3-12H2,1-2H3. The third kappa shape index (κ3) is 6.12. The fraction of sp³-hybridized carbons (Fsp3) is 1.00. The molecule has 0 spiro atoms. The van der Waals surface area contributed by atoms with Gasteiger partial charge in [-0.3, -0.25) is 0 Å². The van der Waals surface area contributed by atoms with Gasteiger partial charge in [0.05, 0.1) is 0 Å². The summed E-state index contributed by atoms with van der Waals surface area (Å²) in [6, 6.07) is 0.741. The minimum absolute atomic E-state index is 0.741. The first-order valence-corrected chi connectivity index (χ1v) is 8.14. The highest BCUT2D eigenvalue weighted by molar-refractivity contribution is 7.98. The summed E-state index contributed by atoms with van der Waals surface area (Å²) in [5, 5.41) is 3.41. The predicted molar refractivity (Wildman–Crippen MR) is 75.4 cm³/mol. The highest BCUT2D eigenvalue weighted by Gasteiger charge is 2.17. The molecular weight excluding hydrogens is 216 g/mol. The van der Waals surface area contributed by atoms with E-state index < -0.39 is 0 Å². The predicted octanol–water partition coefficient (Wildman–Crippen LogP) is 2.59. The number of likely N-dealkylation sites (N-methyl/N-ethyl adjacent to an activating group) is 1. The minimum atomic E-state index is 0.741. The van der Waals surface area contributed by atoms with Crippen molar-refractivity contribution >= 4 is 11.8 Å². The monoisotopic (exact) mass is 244 g/mol. The molecule has 0 bridgehead atoms. The number of hydrogen-bond donors (Lipinski definition) is 1. The first-order valence-electron chi connectivity index (χ1n) is 6.75. The summed E-state index contributed by atoms with van der Waals surface area (Å²) in [6.07, 6.45) is 10.6. The van der Waals surface area contributed by atoms with Crippen LogP contribution in [0.1, 0.15) is 38.5 Å². The molecule has 96 valence electrons. The van der Waals surface area contributed by atoms with Gasteiger partial charge in [0.15, 0.2) is 0 Å². The third-order valence-electron chi connectivity index (χ3n) is 3.49. The van der Waals surface area contributed by atoms with Crippen molar-refractivity contribution in [2.45, 2.75) is 44.6 Å². The smallest absolute Gasteiger partial charge is 0.0192 e. The zero-order valence-electron chi connectivity index (χ0n) is 11.0. The Labute approximate surface area is 106 Å². The molecule has 1 aliphatic heterocycles. The molecule has 0 radical (unpaired) electrons. The first-order chi connectivity index (χ1) is 7.86. The highest BCUT2D eigenvalue weighted by atomic mass is 32.2. The number of nitrogens with one attached hydrogen (secondary N) is 1. The van der Waals surface area contributed by atoms with E-state index in [0.717, 1.165) is 6.04 Å². The van der Waals surface area contributed by atoms with Crippen LogP contribution in [0.25, 0.3) is 0 Å². The largest absolute Gasteiger partial charge is 0.316 e. The van der Waals surface area contributed by atoms with Gasteiger partial charge in [-0.15, -0.1) is 0 Å². The maximum atomic E-state index is 3.41. The van der Waals surface area contributed by atoms with E-state index in [-0.39, 0.29) is 0 Å². The summed E-state index contributed by atoms with van der Waals surface area (Å²) < 4.78 is 0. The average Bonchev–Trinajstić information content (AvgIpc) is 2.34. The van der Waals surface area contributed by atoms with Crippen LogP contribution in [0, 0.1) is 0 Å². The van der Waals surface area contributed by atoms with E-state index in [1.54, 1.807) is 0 Å². The topological polar surface area (TPSA) is 15.3 Å². The van der Waals surface area contributed by atoms with Crippen LogP contribution in [-0.2, 0) is 0 Å². The van der Waals surface area contributed by atoms with E-state index in [0.29, 0.717) is 0 Å². The van der Waals surface area contributed by atoms with Gasteiger partial charge in [0, 0.05) is 12.6 Å². The van der Waals surface area contributed by atoms with Crippen molar-refractivity contribution in [3.63, 3.8) is 0 Å². The normalized spacial score (nSPS) is 22.5. The second kappa shape index (κ2) is 9.32. The van der Waals surface area contributed by atoms with Gasteiger partial charge in [-0.05, 0) is 57.8 Å². The van der Waals surface area contributed by atoms with Gasteiger partial charge in [0.1, 0.15) is 0 Å². The van der Waals surface area contributed by atoms with Crippen LogP contribution in [0.15, 0.2) is 0 Å². The summed E-state index contributed by atoms with van der Waals surface area (Å²) in [6.45, 7) is 3.90. The molecule has 0 aliphatic carbocycles. The van der Waals surface area contributed by atoms with Crippen molar-refractivity contribution in [1.82, 2.24) is 10.2 Å². The van der Waals surface area contributed by atoms with E-state index in [1.807, 2.05) is 11.8 Å². The molecule has 2 nitrogen and oxygen atoms in total. The van der Waals surface area contributed by atoms with Gasteiger partial charge in [-0.25, -0.2) is 0 Å². The van der Waals surface area contributed by atoms with Gasteiger partial charge >= 0.3 is 0 Å². The molecule has 0 aromatic carbocycles. The number of unbranched alkanes of at least 4 members (excludes halogenated alkanes) is 3. The Hall–Kier alpha value is 0.270. The molecule has 16 heavy (non-hydrogen) atoms. The van der Waals surface area contributed by atoms with E-state index in [4.69, 9.17) is 0 Å². The van der Waals surface area contributed by atoms with Crippen molar-refractivity contribution in [2.75, 3.05) is 38.7 Å². The minimum Gasteiger partial charge on any atom is -0.316 e. The molecule has 1 N–H and O–H groups in total. The van der Waals surface area contributed by atoms with E-state index >= 15 is 0 Å². The zero-order valence-corrected chi connectivity index (χ0v) is 11.8. The maximum Gasteiger partial charge on any atom is 0.0192 e. The summed E-state index contributed by atoms with van der Waals surface area (Å²) in [5.74, 6) is 1.34. The van der Waals surface area contributed by atoms with Crippen LogP contribution in [0.2, 0.25) is 0 Å². The summed E-state index contributed by atoms with van der Waals surface area (Å²) in [7, 11) is 2.09. The summed E-state index contributed by atoms with van der Waals surface area (Å²) in [4.78, 5) is 2.64. The van der Waals surface area contributed by atoms with Crippen LogP contribution in [0.4, 0.5) is 0 Å². The lowest BCUT2D eigenvalue weighted by Gasteiger charge is -2.32. The third-order valence-corrected chi connectivity index (χ3v) is 4.18. The van der Waals surface area contributed by atoms with Crippen LogP contribution < -0.4 is 5.32 Å². The second-order valence-corrected chi connectivity index (χ2v) is 5.82. The van der Waals surface area contributed by atoms with Crippen molar-refractivity contribution < 1.29 is 0 Å². The molecule has 0 aromatic heterocycles. The van der Waals surface area contributed by atoms with Gasteiger partial charge in [-0.2, -0.15) is 11.8 Å². The van der Waals surface area contributed by atoms with Crippen LogP contribution >= 0.6 is 11.8 Å². The quantitative estimate of drug-likeness (QED) is 0.661. The molecule has 1 aliphatic rings. The maximum absolute atomic E-state index is 3.41. The van der Waals surface area contributed by atoms with E-state index in [9.17, 15) is 0 Å². The Kier molecular flexibility index (Phi) is 8.34. The Morgan fingerprint density at radius 2 is 2.06 bits per heavy atom. The van der Waals surface area contributed by atoms with Crippen molar-refractivity contribution in [1.29, 1.82) is 0 Å². The summed E-state index contributed by atoms with van der Waals surface area (Å²) >= 11 is 1.97. The first kappa shape index (κ1) is 14.3. The van der Waals surface area contributed by atoms with Crippen molar-refractivity contribution in [3.05, 3.63) is 0 Å². The number of piperidine rings is 1. The average molecular weight is 244 g/mol. The molecule has 0 amide bonds. The number of thioether (sulfide) groups is 1. The lowest BCUT2D eigenvalue weighted by atomic mass is 10.1. The highest BCUT2D eigenvalue weighted by Crippen LogP contribution is 2.11. The zero-order chi connectivity index (χ0) is 11.6. The number of hydrogen-bond acceptors (Lipinski definition) is 3. The molecule has 1 rings (SSSR count). The van der Waals surface area contributed by atoms with Crippen LogP contribution in [-0.4, -0.2) is 49.6 Å². The van der Waals surface area contributed by atoms with Crippen molar-refractivity contribution in [2.24, 2.45) is 0 Å². The van der Waals surface area contributed by atoms with Crippen LogP contribution in [0.3, 0.4) is 0 Å². The molecule has 1 saturated heterocycles. The van der Waals surface area contributed by atoms with Gasteiger partial charge in [0.25, 0.3) is 0 Å². The van der Waals surface area contributed by atoms with E-state index in [1.165, 1.54) is 63.9 Å². The molecule has 3 heteroatoms. The lowest BCUT2D eigenvalue weighted by molar-refractivity contribution is 0.192. The lowest BCUT2D eigenvalue weighted by Crippen LogP contribution is -2.44. The van der Waals surface area contributed by atoms with Gasteiger partial charge < -0.3 is 10.2 Å². The molecule has 1 fully saturated rings. The van der Waals surface area contributed by atoms with E-state index in [2.05, 4.69) is 23.5 Å². The number of rotatable bonds is 8. The molecule has 0 aromatic rings. The molecule has 0 saturated carbocycles. The molecule has 1 unspecified atom stereocenters. The van der Waals surface area contributed by atoms with Gasteiger partial charge in [-0.1, -0.05) is 12.8 Å². The fourth-order valence-electron chi connectivity index (χ4n) is 2.43. The number of nitrogens with zero attached hydrogens (tertiary/aromatic N) is 1. The van der Waals surface area contributed by atoms with Crippen LogP contribution in [0.5, 0.6) is 0 Å².